The van der Waals surface area contributed by atoms with Crippen LogP contribution >= 0.6 is 0 Å². The fraction of sp³-hybridized carbons (Fsp3) is 0.0385. The van der Waals surface area contributed by atoms with E-state index in [0.717, 1.165) is 27.0 Å². The second-order valence-electron chi connectivity index (χ2n) is 6.67. The van der Waals surface area contributed by atoms with Crippen molar-refractivity contribution < 1.29 is 4.74 Å². The Labute approximate surface area is 165 Å². The summed E-state index contributed by atoms with van der Waals surface area (Å²) in [6.45, 7) is 0. The van der Waals surface area contributed by atoms with Crippen molar-refractivity contribution in [1.82, 2.24) is 0 Å². The fourth-order valence-electron chi connectivity index (χ4n) is 3.69. The zero-order chi connectivity index (χ0) is 19.2. The van der Waals surface area contributed by atoms with Gasteiger partial charge in [0.15, 0.2) is 6.21 Å². The van der Waals surface area contributed by atoms with Crippen LogP contribution in [0.5, 0.6) is 0 Å². The van der Waals surface area contributed by atoms with E-state index in [9.17, 15) is 5.21 Å². The van der Waals surface area contributed by atoms with Gasteiger partial charge in [-0.2, -0.15) is 4.74 Å². The first kappa shape index (κ1) is 17.7. The summed E-state index contributed by atoms with van der Waals surface area (Å²) >= 11 is 0. The van der Waals surface area contributed by atoms with E-state index in [1.165, 1.54) is 0 Å². The molecule has 136 valence electrons. The van der Waals surface area contributed by atoms with Crippen molar-refractivity contribution in [3.05, 3.63) is 149 Å². The van der Waals surface area contributed by atoms with Crippen LogP contribution in [0.25, 0.3) is 0 Å². The second-order valence-corrected chi connectivity index (χ2v) is 6.67. The predicted octanol–water partition coefficient (Wildman–Crippen LogP) is 5.61. The van der Waals surface area contributed by atoms with Gasteiger partial charge in [0.05, 0.1) is 0 Å². The molecule has 0 saturated heterocycles. The fourth-order valence-corrected chi connectivity index (χ4v) is 3.69. The Balaban J connectivity index is 2.06. The van der Waals surface area contributed by atoms with E-state index in [1.807, 2.05) is 121 Å². The molecular weight excluding hydrogens is 342 g/mol. The van der Waals surface area contributed by atoms with Crippen molar-refractivity contribution in [1.29, 1.82) is 0 Å². The lowest BCUT2D eigenvalue weighted by Crippen LogP contribution is -2.40. The molecule has 0 atom stereocenters. The van der Waals surface area contributed by atoms with Gasteiger partial charge in [0.25, 0.3) is 0 Å². The quantitative estimate of drug-likeness (QED) is 0.149. The first-order valence-electron chi connectivity index (χ1n) is 9.35. The molecule has 0 heterocycles. The van der Waals surface area contributed by atoms with Gasteiger partial charge < -0.3 is 5.21 Å². The Morgan fingerprint density at radius 2 is 0.821 bits per heavy atom. The molecule has 4 rings (SSSR count). The lowest BCUT2D eigenvalue weighted by molar-refractivity contribution is -0.528. The van der Waals surface area contributed by atoms with Gasteiger partial charge >= 0.3 is 0 Å². The van der Waals surface area contributed by atoms with Crippen LogP contribution in [0.2, 0.25) is 0 Å². The Kier molecular flexibility index (Phi) is 5.03. The van der Waals surface area contributed by atoms with Crippen LogP contribution in [0.15, 0.2) is 121 Å². The lowest BCUT2D eigenvalue weighted by Gasteiger charge is -2.33. The average Bonchev–Trinajstić information content (AvgIpc) is 2.77. The van der Waals surface area contributed by atoms with Crippen molar-refractivity contribution in [2.75, 3.05) is 0 Å². The summed E-state index contributed by atoms with van der Waals surface area (Å²) in [7, 11) is 0. The molecule has 0 unspecified atom stereocenters. The molecular formula is C26H21NO. The number of rotatable bonds is 5. The van der Waals surface area contributed by atoms with E-state index >= 15 is 0 Å². The molecule has 0 radical (unpaired) electrons. The van der Waals surface area contributed by atoms with E-state index < -0.39 is 5.54 Å². The van der Waals surface area contributed by atoms with Crippen LogP contribution in [0.4, 0.5) is 0 Å². The molecule has 0 saturated carbocycles. The highest BCUT2D eigenvalue weighted by Crippen LogP contribution is 2.39. The van der Waals surface area contributed by atoms with Crippen LogP contribution in [0.3, 0.4) is 0 Å². The van der Waals surface area contributed by atoms with Gasteiger partial charge in [-0.1, -0.05) is 109 Å². The summed E-state index contributed by atoms with van der Waals surface area (Å²) in [4.78, 5) is 0. The third-order valence-corrected chi connectivity index (χ3v) is 4.97. The SMILES string of the molecule is [O-]/[N+](=C\c1ccccc1)C(c1ccccc1)(c1ccccc1)c1ccccc1. The zero-order valence-corrected chi connectivity index (χ0v) is 15.5. The van der Waals surface area contributed by atoms with Crippen molar-refractivity contribution in [3.63, 3.8) is 0 Å². The number of hydroxylamine groups is 1. The maximum Gasteiger partial charge on any atom is 0.248 e. The molecule has 0 amide bonds. The van der Waals surface area contributed by atoms with Crippen LogP contribution in [0, 0.1) is 5.21 Å². The highest BCUT2D eigenvalue weighted by molar-refractivity contribution is 5.76. The molecule has 0 aliphatic rings. The van der Waals surface area contributed by atoms with Crippen LogP contribution in [-0.4, -0.2) is 11.0 Å². The molecule has 0 spiro atoms. The normalized spacial score (nSPS) is 11.9. The maximum absolute atomic E-state index is 13.9. The predicted molar refractivity (Wildman–Crippen MR) is 114 cm³/mol. The molecule has 0 N–H and O–H groups in total. The molecule has 0 aliphatic heterocycles. The highest BCUT2D eigenvalue weighted by Gasteiger charge is 2.44. The Morgan fingerprint density at radius 1 is 0.500 bits per heavy atom. The molecule has 4 aromatic rings. The molecule has 2 heteroatoms. The topological polar surface area (TPSA) is 26.1 Å². The largest absolute Gasteiger partial charge is 0.623 e. The average molecular weight is 363 g/mol. The van der Waals surface area contributed by atoms with Crippen molar-refractivity contribution in [2.45, 2.75) is 5.54 Å². The molecule has 0 aromatic heterocycles. The van der Waals surface area contributed by atoms with Crippen molar-refractivity contribution in [2.24, 2.45) is 0 Å². The van der Waals surface area contributed by atoms with Gasteiger partial charge in [0.1, 0.15) is 0 Å². The summed E-state index contributed by atoms with van der Waals surface area (Å²) < 4.78 is 1.09. The third-order valence-electron chi connectivity index (χ3n) is 4.97. The Morgan fingerprint density at radius 3 is 1.18 bits per heavy atom. The lowest BCUT2D eigenvalue weighted by atomic mass is 9.77. The van der Waals surface area contributed by atoms with Gasteiger partial charge in [0.2, 0.25) is 5.54 Å². The van der Waals surface area contributed by atoms with Gasteiger partial charge in [0, 0.05) is 22.3 Å². The molecule has 0 fully saturated rings. The third kappa shape index (κ3) is 3.21. The summed E-state index contributed by atoms with van der Waals surface area (Å²) in [5.74, 6) is 0. The standard InChI is InChI=1S/C26H21NO/c28-27(21-22-13-5-1-6-14-22)26(23-15-7-2-8-16-23,24-17-9-3-10-18-24)25-19-11-4-12-20-25/h1-21H/b27-21-. The molecule has 4 aromatic carbocycles. The van der Waals surface area contributed by atoms with Crippen LogP contribution < -0.4 is 0 Å². The Bertz CT molecular complexity index is 946. The molecule has 28 heavy (non-hydrogen) atoms. The minimum Gasteiger partial charge on any atom is -0.623 e. The maximum atomic E-state index is 13.9. The Hall–Kier alpha value is -3.65. The number of nitrogens with zero attached hydrogens (tertiary/aromatic N) is 1. The van der Waals surface area contributed by atoms with Crippen LogP contribution in [0.1, 0.15) is 22.3 Å². The van der Waals surface area contributed by atoms with Crippen molar-refractivity contribution >= 4 is 6.21 Å². The molecule has 2 nitrogen and oxygen atoms in total. The molecule has 0 aliphatic carbocycles. The number of hydrogen-bond donors (Lipinski definition) is 0. The first-order valence-corrected chi connectivity index (χ1v) is 9.35. The molecule has 0 bridgehead atoms. The van der Waals surface area contributed by atoms with E-state index in [2.05, 4.69) is 0 Å². The van der Waals surface area contributed by atoms with E-state index in [1.54, 1.807) is 6.21 Å². The smallest absolute Gasteiger partial charge is 0.248 e. The second kappa shape index (κ2) is 7.93. The van der Waals surface area contributed by atoms with Gasteiger partial charge in [-0.05, 0) is 12.1 Å². The summed E-state index contributed by atoms with van der Waals surface area (Å²) in [6, 6.07) is 39.6. The summed E-state index contributed by atoms with van der Waals surface area (Å²) in [5.41, 5.74) is 2.66. The minimum absolute atomic E-state index is 0.865. The monoisotopic (exact) mass is 363 g/mol. The summed E-state index contributed by atoms with van der Waals surface area (Å²) in [5, 5.41) is 13.9. The van der Waals surface area contributed by atoms with E-state index in [0.29, 0.717) is 0 Å². The minimum atomic E-state index is -0.986. The number of benzene rings is 4. The van der Waals surface area contributed by atoms with Gasteiger partial charge in [-0.25, -0.2) is 0 Å². The van der Waals surface area contributed by atoms with Gasteiger partial charge in [-0.3, -0.25) is 0 Å². The number of hydrogen-bond acceptors (Lipinski definition) is 1. The zero-order valence-electron chi connectivity index (χ0n) is 15.5. The van der Waals surface area contributed by atoms with Crippen molar-refractivity contribution in [3.8, 4) is 0 Å². The van der Waals surface area contributed by atoms with E-state index in [-0.39, 0.29) is 0 Å². The van der Waals surface area contributed by atoms with E-state index in [4.69, 9.17) is 0 Å². The van der Waals surface area contributed by atoms with Gasteiger partial charge in [-0.15, -0.1) is 0 Å². The summed E-state index contributed by atoms with van der Waals surface area (Å²) in [6.07, 6.45) is 1.67. The first-order chi connectivity index (χ1) is 13.8. The van der Waals surface area contributed by atoms with Crippen LogP contribution in [-0.2, 0) is 5.54 Å². The highest BCUT2D eigenvalue weighted by atomic mass is 16.5.